The number of halogens is 2. The molecule has 1 aliphatic rings. The second-order valence-electron chi connectivity index (χ2n) is 8.67. The smallest absolute Gasteiger partial charge is 0.332 e. The van der Waals surface area contributed by atoms with Crippen LogP contribution in [-0.2, 0) is 33.2 Å². The van der Waals surface area contributed by atoms with Crippen molar-refractivity contribution < 1.29 is 25.3 Å². The van der Waals surface area contributed by atoms with Gasteiger partial charge < -0.3 is 11.5 Å². The zero-order valence-corrected chi connectivity index (χ0v) is 23.1. The first kappa shape index (κ1) is 30.5. The van der Waals surface area contributed by atoms with Crippen molar-refractivity contribution in [2.75, 3.05) is 10.7 Å². The minimum atomic E-state index is -4.73. The Morgan fingerprint density at radius 1 is 1.03 bits per heavy atom. The molecule has 0 saturated carbocycles. The quantitative estimate of drug-likeness (QED) is 0.243. The molecule has 1 heterocycles. The number of nitrogens with zero attached hydrogens (tertiary/aromatic N) is 3. The van der Waals surface area contributed by atoms with Gasteiger partial charge in [-0.25, -0.2) is 4.99 Å². The minimum Gasteiger partial charge on any atom is -0.369 e. The summed E-state index contributed by atoms with van der Waals surface area (Å²) in [6.45, 7) is 5.12. The van der Waals surface area contributed by atoms with Crippen molar-refractivity contribution in [2.24, 2.45) is 21.5 Å². The van der Waals surface area contributed by atoms with E-state index in [1.807, 2.05) is 32.0 Å². The second-order valence-corrected chi connectivity index (χ2v) is 12.1. The van der Waals surface area contributed by atoms with E-state index in [4.69, 9.17) is 27.6 Å². The maximum Gasteiger partial charge on any atom is 0.332 e. The average molecular weight is 576 g/mol. The molecule has 0 spiro atoms. The highest BCUT2D eigenvalue weighted by molar-refractivity contribution is 7.86. The van der Waals surface area contributed by atoms with Gasteiger partial charge in [-0.15, -0.1) is 3.89 Å². The van der Waals surface area contributed by atoms with Crippen LogP contribution in [-0.4, -0.2) is 44.7 Å². The molecule has 0 amide bonds. The standard InChI is InChI=1S/C21H25ClFN5O2S.C2H6O3S/c1-21(2)27-19(24)26-20(25)28(21)16-12-11-14(17(22)13-16)7-3-4-8-15-9-5-6-10-18(15)31(23,29)30;1-2-6(3,4)5/h5-6,9-13H,3-4,7-8H2,1-2H3,(H4,24,25,26,27);2H2,1H3,(H,3,4,5). The van der Waals surface area contributed by atoms with Crippen molar-refractivity contribution in [3.05, 3.63) is 58.6 Å². The van der Waals surface area contributed by atoms with Gasteiger partial charge in [0.2, 0.25) is 11.9 Å². The van der Waals surface area contributed by atoms with Crippen LogP contribution in [0.2, 0.25) is 5.02 Å². The van der Waals surface area contributed by atoms with Gasteiger partial charge in [0.25, 0.3) is 10.1 Å². The Labute approximate surface area is 222 Å². The van der Waals surface area contributed by atoms with Crippen molar-refractivity contribution in [1.29, 1.82) is 0 Å². The Morgan fingerprint density at radius 2 is 1.59 bits per heavy atom. The van der Waals surface area contributed by atoms with Crippen molar-refractivity contribution in [2.45, 2.75) is 57.0 Å². The highest BCUT2D eigenvalue weighted by atomic mass is 35.5. The molecule has 14 heteroatoms. The van der Waals surface area contributed by atoms with E-state index in [-0.39, 0.29) is 22.6 Å². The molecule has 0 aromatic heterocycles. The molecule has 0 unspecified atom stereocenters. The lowest BCUT2D eigenvalue weighted by molar-refractivity contribution is 0.484. The molecule has 2 aromatic rings. The van der Waals surface area contributed by atoms with Gasteiger partial charge >= 0.3 is 10.2 Å². The average Bonchev–Trinajstić information content (AvgIpc) is 2.76. The van der Waals surface area contributed by atoms with Gasteiger partial charge in [0.15, 0.2) is 0 Å². The predicted octanol–water partition coefficient (Wildman–Crippen LogP) is 3.64. The summed E-state index contributed by atoms with van der Waals surface area (Å²) in [5.74, 6) is 0.166. The van der Waals surface area contributed by atoms with Gasteiger partial charge in [0.05, 0.1) is 5.75 Å². The summed E-state index contributed by atoms with van der Waals surface area (Å²) in [6.07, 6.45) is 2.61. The topological polar surface area (TPSA) is 169 Å². The van der Waals surface area contributed by atoms with Gasteiger partial charge in [-0.2, -0.15) is 21.8 Å². The normalized spacial score (nSPS) is 15.4. The third kappa shape index (κ3) is 8.95. The van der Waals surface area contributed by atoms with Crippen LogP contribution >= 0.6 is 11.6 Å². The number of aryl methyl sites for hydroxylation is 2. The predicted molar refractivity (Wildman–Crippen MR) is 145 cm³/mol. The van der Waals surface area contributed by atoms with Gasteiger partial charge in [0, 0.05) is 10.7 Å². The number of aliphatic imine (C=N–C) groups is 2. The fourth-order valence-corrected chi connectivity index (χ4v) is 4.70. The Kier molecular flexibility index (Phi) is 10.1. The Bertz CT molecular complexity index is 1400. The molecular formula is C23H31ClFN5O5S2. The molecule has 5 N–H and O–H groups in total. The number of benzene rings is 2. The molecule has 0 atom stereocenters. The summed E-state index contributed by atoms with van der Waals surface area (Å²) in [4.78, 5) is 9.86. The first-order chi connectivity index (χ1) is 17.0. The van der Waals surface area contributed by atoms with Crippen molar-refractivity contribution >= 4 is 49.5 Å². The van der Waals surface area contributed by atoms with Crippen molar-refractivity contribution in [1.82, 2.24) is 0 Å². The van der Waals surface area contributed by atoms with E-state index in [1.54, 1.807) is 17.0 Å². The summed E-state index contributed by atoms with van der Waals surface area (Å²) < 4.78 is 62.9. The highest BCUT2D eigenvalue weighted by Crippen LogP contribution is 2.31. The molecule has 3 rings (SSSR count). The summed E-state index contributed by atoms with van der Waals surface area (Å²) in [6, 6.07) is 11.8. The summed E-state index contributed by atoms with van der Waals surface area (Å²) in [5.41, 5.74) is 13.3. The molecular weight excluding hydrogens is 545 g/mol. The Morgan fingerprint density at radius 3 is 2.11 bits per heavy atom. The van der Waals surface area contributed by atoms with Crippen LogP contribution in [0.15, 0.2) is 57.3 Å². The van der Waals surface area contributed by atoms with Gasteiger partial charge in [0.1, 0.15) is 10.6 Å². The van der Waals surface area contributed by atoms with Crippen LogP contribution in [0, 0.1) is 0 Å². The lowest BCUT2D eigenvalue weighted by Crippen LogP contribution is -2.54. The maximum atomic E-state index is 13.4. The fraction of sp³-hybridized carbons (Fsp3) is 0.391. The van der Waals surface area contributed by atoms with Gasteiger partial charge in [-0.3, -0.25) is 9.45 Å². The number of anilines is 1. The number of hydrogen-bond acceptors (Lipinski definition) is 9. The van der Waals surface area contributed by atoms with Crippen molar-refractivity contribution in [3.63, 3.8) is 0 Å². The minimum absolute atomic E-state index is 0.128. The van der Waals surface area contributed by atoms with Crippen molar-refractivity contribution in [3.8, 4) is 0 Å². The molecule has 0 aliphatic carbocycles. The SMILES string of the molecule is CC1(C)N=C(N)N=C(N)N1c1ccc(CCCCc2ccccc2S(=O)(=O)F)c(Cl)c1.CCS(=O)(=O)O. The molecule has 1 aliphatic heterocycles. The lowest BCUT2D eigenvalue weighted by Gasteiger charge is -2.38. The van der Waals surface area contributed by atoms with E-state index in [0.29, 0.717) is 29.8 Å². The lowest BCUT2D eigenvalue weighted by atomic mass is 10.0. The van der Waals surface area contributed by atoms with E-state index in [2.05, 4.69) is 9.98 Å². The number of unbranched alkanes of at least 4 members (excludes halogenated alkanes) is 1. The third-order valence-electron chi connectivity index (χ3n) is 5.43. The Balaban J connectivity index is 0.000000717. The fourth-order valence-electron chi connectivity index (χ4n) is 3.71. The zero-order chi connectivity index (χ0) is 28.0. The van der Waals surface area contributed by atoms with E-state index in [0.717, 1.165) is 17.7 Å². The number of hydrogen-bond donors (Lipinski definition) is 3. The molecule has 0 saturated heterocycles. The summed E-state index contributed by atoms with van der Waals surface area (Å²) >= 11 is 6.50. The Hall–Kier alpha value is -2.74. The third-order valence-corrected chi connectivity index (χ3v) is 7.44. The molecule has 2 aromatic carbocycles. The number of rotatable bonds is 8. The maximum absolute atomic E-state index is 13.4. The monoisotopic (exact) mass is 575 g/mol. The van der Waals surface area contributed by atoms with Crippen LogP contribution in [0.1, 0.15) is 44.7 Å². The van der Waals surface area contributed by atoms with Crippen LogP contribution in [0.25, 0.3) is 0 Å². The molecule has 10 nitrogen and oxygen atoms in total. The molecule has 204 valence electrons. The second kappa shape index (κ2) is 12.2. The summed E-state index contributed by atoms with van der Waals surface area (Å²) in [5, 5.41) is 0.579. The van der Waals surface area contributed by atoms with Crippen LogP contribution < -0.4 is 16.4 Å². The number of nitrogens with two attached hydrogens (primary N) is 2. The first-order valence-corrected chi connectivity index (χ1v) is 14.7. The van der Waals surface area contributed by atoms with E-state index in [1.165, 1.54) is 19.1 Å². The highest BCUT2D eigenvalue weighted by Gasteiger charge is 2.33. The largest absolute Gasteiger partial charge is 0.369 e. The first-order valence-electron chi connectivity index (χ1n) is 11.3. The van der Waals surface area contributed by atoms with E-state index >= 15 is 0 Å². The van der Waals surface area contributed by atoms with Crippen LogP contribution in [0.5, 0.6) is 0 Å². The van der Waals surface area contributed by atoms with Crippen LogP contribution in [0.4, 0.5) is 9.57 Å². The molecule has 0 radical (unpaired) electrons. The van der Waals surface area contributed by atoms with E-state index in [9.17, 15) is 20.7 Å². The zero-order valence-electron chi connectivity index (χ0n) is 20.7. The van der Waals surface area contributed by atoms with E-state index < -0.39 is 26.0 Å². The summed E-state index contributed by atoms with van der Waals surface area (Å²) in [7, 11) is -8.39. The molecule has 37 heavy (non-hydrogen) atoms. The van der Waals surface area contributed by atoms with Gasteiger partial charge in [-0.05, 0) is 75.8 Å². The molecule has 0 bridgehead atoms. The van der Waals surface area contributed by atoms with Crippen LogP contribution in [0.3, 0.4) is 0 Å². The van der Waals surface area contributed by atoms with Gasteiger partial charge in [-0.1, -0.05) is 35.9 Å². The number of guanidine groups is 2. The molecule has 0 fully saturated rings.